The number of halogens is 2. The lowest BCUT2D eigenvalue weighted by Gasteiger charge is -2.13. The smallest absolute Gasteiger partial charge is 0.276 e. The van der Waals surface area contributed by atoms with E-state index >= 15 is 0 Å². The number of benzene rings is 3. The number of aryl methyl sites for hydroxylation is 1. The zero-order valence-corrected chi connectivity index (χ0v) is 20.5. The monoisotopic (exact) mass is 560 g/mol. The number of nitrogens with one attached hydrogen (secondary N) is 2. The van der Waals surface area contributed by atoms with E-state index in [-0.39, 0.29) is 6.61 Å². The van der Waals surface area contributed by atoms with Crippen molar-refractivity contribution in [3.8, 4) is 11.5 Å². The molecule has 0 aliphatic carbocycles. The van der Waals surface area contributed by atoms with E-state index < -0.39 is 11.8 Å². The minimum absolute atomic E-state index is 0.236. The molecular formula is C24H22Br2N2O4. The van der Waals surface area contributed by atoms with Crippen LogP contribution in [-0.2, 0) is 11.2 Å². The summed E-state index contributed by atoms with van der Waals surface area (Å²) in [5, 5.41) is 0. The van der Waals surface area contributed by atoms with Gasteiger partial charge in [0.2, 0.25) is 0 Å². The molecule has 0 aliphatic heterocycles. The van der Waals surface area contributed by atoms with Gasteiger partial charge in [0.15, 0.2) is 6.61 Å². The summed E-state index contributed by atoms with van der Waals surface area (Å²) in [6.07, 6.45) is 0.710. The summed E-state index contributed by atoms with van der Waals surface area (Å²) < 4.78 is 13.0. The lowest BCUT2D eigenvalue weighted by atomic mass is 10.1. The van der Waals surface area contributed by atoms with Crippen LogP contribution in [0.3, 0.4) is 0 Å². The molecule has 0 unspecified atom stereocenters. The van der Waals surface area contributed by atoms with Crippen molar-refractivity contribution in [1.29, 1.82) is 0 Å². The Labute approximate surface area is 203 Å². The van der Waals surface area contributed by atoms with Gasteiger partial charge in [-0.3, -0.25) is 20.4 Å². The van der Waals surface area contributed by atoms with Crippen LogP contribution in [-0.4, -0.2) is 25.0 Å². The van der Waals surface area contributed by atoms with Gasteiger partial charge in [-0.05, 0) is 54.4 Å². The summed E-state index contributed by atoms with van der Waals surface area (Å²) >= 11 is 6.78. The Hall–Kier alpha value is -2.84. The molecule has 0 aromatic heterocycles. The highest BCUT2D eigenvalue weighted by Crippen LogP contribution is 2.24. The third-order valence-corrected chi connectivity index (χ3v) is 5.88. The van der Waals surface area contributed by atoms with Gasteiger partial charge in [-0.2, -0.15) is 0 Å². The average molecular weight is 562 g/mol. The van der Waals surface area contributed by atoms with Gasteiger partial charge in [0.25, 0.3) is 11.8 Å². The molecule has 0 heterocycles. The molecule has 166 valence electrons. The first-order chi connectivity index (χ1) is 15.4. The Morgan fingerprint density at radius 1 is 0.906 bits per heavy atom. The second-order valence-electron chi connectivity index (χ2n) is 6.93. The molecule has 2 N–H and O–H groups in total. The van der Waals surface area contributed by atoms with Gasteiger partial charge in [-0.1, -0.05) is 62.2 Å². The lowest BCUT2D eigenvalue weighted by Crippen LogP contribution is -2.44. The maximum atomic E-state index is 12.6. The fraction of sp³-hybridized carbons (Fsp3) is 0.167. The predicted molar refractivity (Wildman–Crippen MR) is 130 cm³/mol. The maximum Gasteiger partial charge on any atom is 0.276 e. The quantitative estimate of drug-likeness (QED) is 0.380. The van der Waals surface area contributed by atoms with Crippen LogP contribution in [0.5, 0.6) is 11.5 Å². The largest absolute Gasteiger partial charge is 0.492 e. The van der Waals surface area contributed by atoms with Crippen LogP contribution in [0.15, 0.2) is 75.7 Å². The van der Waals surface area contributed by atoms with Gasteiger partial charge < -0.3 is 9.47 Å². The van der Waals surface area contributed by atoms with Crippen LogP contribution >= 0.6 is 31.9 Å². The first kappa shape index (κ1) is 23.8. The number of carbonyl (C=O) groups excluding carboxylic acids is 2. The zero-order valence-electron chi connectivity index (χ0n) is 17.4. The van der Waals surface area contributed by atoms with E-state index in [9.17, 15) is 9.59 Å². The van der Waals surface area contributed by atoms with Crippen LogP contribution in [0, 0.1) is 6.92 Å². The predicted octanol–water partition coefficient (Wildman–Crippen LogP) is 4.98. The molecule has 0 saturated carbocycles. The highest BCUT2D eigenvalue weighted by atomic mass is 79.9. The van der Waals surface area contributed by atoms with Crippen molar-refractivity contribution < 1.29 is 19.1 Å². The summed E-state index contributed by atoms with van der Waals surface area (Å²) in [6, 6.07) is 20.5. The zero-order chi connectivity index (χ0) is 22.9. The Morgan fingerprint density at radius 3 is 2.44 bits per heavy atom. The topological polar surface area (TPSA) is 76.7 Å². The second kappa shape index (κ2) is 11.7. The standard InChI is InChI=1S/C24H22Br2N2O4/c1-16-13-19(8-9-21(16)26)32-15-23(29)27-28-24(30)20-14-18(25)7-10-22(20)31-12-11-17-5-3-2-4-6-17/h2-10,13-14H,11-12,15H2,1H3,(H,27,29)(H,28,30). The molecular weight excluding hydrogens is 540 g/mol. The molecule has 0 atom stereocenters. The SMILES string of the molecule is Cc1cc(OCC(=O)NNC(=O)c2cc(Br)ccc2OCCc2ccccc2)ccc1Br. The normalized spacial score (nSPS) is 10.3. The van der Waals surface area contributed by atoms with E-state index in [0.717, 1.165) is 20.1 Å². The van der Waals surface area contributed by atoms with Crippen LogP contribution in [0.25, 0.3) is 0 Å². The third kappa shape index (κ3) is 7.10. The molecule has 2 amide bonds. The van der Waals surface area contributed by atoms with Gasteiger partial charge in [-0.25, -0.2) is 0 Å². The Morgan fingerprint density at radius 2 is 1.69 bits per heavy atom. The van der Waals surface area contributed by atoms with Crippen LogP contribution < -0.4 is 20.3 Å². The van der Waals surface area contributed by atoms with E-state index in [1.54, 1.807) is 24.3 Å². The van der Waals surface area contributed by atoms with Crippen molar-refractivity contribution in [3.63, 3.8) is 0 Å². The maximum absolute atomic E-state index is 12.6. The molecule has 3 aromatic rings. The highest BCUT2D eigenvalue weighted by molar-refractivity contribution is 9.10. The number of hydrazine groups is 1. The number of hydrogen-bond acceptors (Lipinski definition) is 4. The fourth-order valence-electron chi connectivity index (χ4n) is 2.81. The van der Waals surface area contributed by atoms with Gasteiger partial charge >= 0.3 is 0 Å². The minimum atomic E-state index is -0.492. The van der Waals surface area contributed by atoms with Crippen molar-refractivity contribution in [2.24, 2.45) is 0 Å². The number of rotatable bonds is 8. The molecule has 0 radical (unpaired) electrons. The lowest BCUT2D eigenvalue weighted by molar-refractivity contribution is -0.123. The molecule has 3 rings (SSSR count). The summed E-state index contributed by atoms with van der Waals surface area (Å²) in [5.41, 5.74) is 7.20. The van der Waals surface area contributed by atoms with Crippen LogP contribution in [0.2, 0.25) is 0 Å². The number of ether oxygens (including phenoxy) is 2. The molecule has 0 aliphatic rings. The van der Waals surface area contributed by atoms with Crippen LogP contribution in [0.4, 0.5) is 0 Å². The minimum Gasteiger partial charge on any atom is -0.492 e. The van der Waals surface area contributed by atoms with Crippen molar-refractivity contribution in [3.05, 3.63) is 92.4 Å². The molecule has 0 fully saturated rings. The Balaban J connectivity index is 1.52. The van der Waals surface area contributed by atoms with E-state index in [2.05, 4.69) is 42.7 Å². The second-order valence-corrected chi connectivity index (χ2v) is 8.70. The van der Waals surface area contributed by atoms with E-state index in [4.69, 9.17) is 9.47 Å². The van der Waals surface area contributed by atoms with E-state index in [1.165, 1.54) is 0 Å². The molecule has 3 aromatic carbocycles. The van der Waals surface area contributed by atoms with Crippen molar-refractivity contribution in [1.82, 2.24) is 10.9 Å². The molecule has 0 bridgehead atoms. The van der Waals surface area contributed by atoms with Gasteiger partial charge in [0, 0.05) is 15.4 Å². The summed E-state index contributed by atoms with van der Waals surface area (Å²) in [5.74, 6) is 0.0139. The van der Waals surface area contributed by atoms with E-state index in [0.29, 0.717) is 30.1 Å². The van der Waals surface area contributed by atoms with Gasteiger partial charge in [0.1, 0.15) is 11.5 Å². The molecule has 6 nitrogen and oxygen atoms in total. The first-order valence-corrected chi connectivity index (χ1v) is 11.5. The third-order valence-electron chi connectivity index (χ3n) is 4.49. The Bertz CT molecular complexity index is 1090. The number of hydrogen-bond donors (Lipinski definition) is 2. The molecule has 0 spiro atoms. The van der Waals surface area contributed by atoms with Crippen molar-refractivity contribution in [2.75, 3.05) is 13.2 Å². The highest BCUT2D eigenvalue weighted by Gasteiger charge is 2.15. The fourth-order valence-corrected chi connectivity index (χ4v) is 3.42. The van der Waals surface area contributed by atoms with E-state index in [1.807, 2.05) is 49.4 Å². The first-order valence-electron chi connectivity index (χ1n) is 9.87. The molecule has 32 heavy (non-hydrogen) atoms. The van der Waals surface area contributed by atoms with Crippen molar-refractivity contribution in [2.45, 2.75) is 13.3 Å². The van der Waals surface area contributed by atoms with Crippen molar-refractivity contribution >= 4 is 43.7 Å². The summed E-state index contributed by atoms with van der Waals surface area (Å²) in [6.45, 7) is 2.10. The van der Waals surface area contributed by atoms with Gasteiger partial charge in [-0.15, -0.1) is 0 Å². The Kier molecular flexibility index (Phi) is 8.70. The summed E-state index contributed by atoms with van der Waals surface area (Å²) in [4.78, 5) is 24.7. The van der Waals surface area contributed by atoms with Gasteiger partial charge in [0.05, 0.1) is 12.2 Å². The molecule has 0 saturated heterocycles. The molecule has 8 heteroatoms. The summed E-state index contributed by atoms with van der Waals surface area (Å²) in [7, 11) is 0. The van der Waals surface area contributed by atoms with Crippen LogP contribution in [0.1, 0.15) is 21.5 Å². The number of carbonyl (C=O) groups is 2. The average Bonchev–Trinajstić information content (AvgIpc) is 2.80. The number of amides is 2.